The normalized spacial score (nSPS) is 16.5. The Bertz CT molecular complexity index is 492. The van der Waals surface area contributed by atoms with E-state index in [-0.39, 0.29) is 29.4 Å². The van der Waals surface area contributed by atoms with Crippen LogP contribution >= 0.6 is 24.0 Å². The van der Waals surface area contributed by atoms with Crippen molar-refractivity contribution in [2.24, 2.45) is 10.4 Å². The SMILES string of the molecule is CN=C(NCCc1cc(C)cc(C)c1)NCC1(C)COC1.I. The molecule has 0 bridgehead atoms. The van der Waals surface area contributed by atoms with Crippen molar-refractivity contribution in [2.45, 2.75) is 27.2 Å². The van der Waals surface area contributed by atoms with Gasteiger partial charge in [-0.05, 0) is 25.8 Å². The smallest absolute Gasteiger partial charge is 0.191 e. The van der Waals surface area contributed by atoms with Gasteiger partial charge in [0.25, 0.3) is 0 Å². The fraction of sp³-hybridized carbons (Fsp3) is 0.588. The van der Waals surface area contributed by atoms with Gasteiger partial charge < -0.3 is 15.4 Å². The van der Waals surface area contributed by atoms with Crippen LogP contribution in [0.4, 0.5) is 0 Å². The van der Waals surface area contributed by atoms with E-state index in [1.165, 1.54) is 16.7 Å². The Labute approximate surface area is 151 Å². The second-order valence-electron chi connectivity index (χ2n) is 6.40. The minimum Gasteiger partial charge on any atom is -0.380 e. The van der Waals surface area contributed by atoms with Gasteiger partial charge in [-0.15, -0.1) is 24.0 Å². The molecule has 22 heavy (non-hydrogen) atoms. The molecule has 0 spiro atoms. The number of aryl methyl sites for hydroxylation is 2. The van der Waals surface area contributed by atoms with Crippen LogP contribution < -0.4 is 10.6 Å². The van der Waals surface area contributed by atoms with E-state index in [0.717, 1.165) is 38.7 Å². The molecule has 1 fully saturated rings. The van der Waals surface area contributed by atoms with Crippen molar-refractivity contribution in [3.8, 4) is 0 Å². The molecular weight excluding hydrogens is 389 g/mol. The van der Waals surface area contributed by atoms with Crippen molar-refractivity contribution in [1.29, 1.82) is 0 Å². The molecule has 0 unspecified atom stereocenters. The number of nitrogens with zero attached hydrogens (tertiary/aromatic N) is 1. The minimum atomic E-state index is 0. The zero-order valence-corrected chi connectivity index (χ0v) is 16.4. The highest BCUT2D eigenvalue weighted by atomic mass is 127. The first-order chi connectivity index (χ1) is 10.0. The molecule has 0 saturated carbocycles. The topological polar surface area (TPSA) is 45.7 Å². The van der Waals surface area contributed by atoms with Gasteiger partial charge in [-0.1, -0.05) is 36.2 Å². The zero-order valence-electron chi connectivity index (χ0n) is 14.0. The number of rotatable bonds is 5. The van der Waals surface area contributed by atoms with E-state index < -0.39 is 0 Å². The van der Waals surface area contributed by atoms with Crippen LogP contribution in [0.3, 0.4) is 0 Å². The lowest BCUT2D eigenvalue weighted by Crippen LogP contribution is -2.51. The van der Waals surface area contributed by atoms with Crippen LogP contribution in [-0.2, 0) is 11.2 Å². The Morgan fingerprint density at radius 2 is 1.82 bits per heavy atom. The Morgan fingerprint density at radius 1 is 1.18 bits per heavy atom. The molecule has 124 valence electrons. The molecule has 1 aromatic rings. The number of guanidine groups is 1. The molecule has 4 nitrogen and oxygen atoms in total. The zero-order chi connectivity index (χ0) is 15.3. The summed E-state index contributed by atoms with van der Waals surface area (Å²) in [5.74, 6) is 0.868. The maximum atomic E-state index is 5.26. The molecule has 0 atom stereocenters. The lowest BCUT2D eigenvalue weighted by molar-refractivity contribution is -0.0971. The van der Waals surface area contributed by atoms with Gasteiger partial charge in [0, 0.05) is 25.6 Å². The third-order valence-corrected chi connectivity index (χ3v) is 3.79. The summed E-state index contributed by atoms with van der Waals surface area (Å²) in [4.78, 5) is 4.27. The minimum absolute atomic E-state index is 0. The van der Waals surface area contributed by atoms with Crippen molar-refractivity contribution in [3.63, 3.8) is 0 Å². The highest BCUT2D eigenvalue weighted by molar-refractivity contribution is 14.0. The average molecular weight is 417 g/mol. The van der Waals surface area contributed by atoms with Crippen molar-refractivity contribution >= 4 is 29.9 Å². The molecule has 5 heteroatoms. The predicted octanol–water partition coefficient (Wildman–Crippen LogP) is 2.67. The molecule has 1 heterocycles. The number of aliphatic imine (C=N–C) groups is 1. The van der Waals surface area contributed by atoms with Gasteiger partial charge in [-0.2, -0.15) is 0 Å². The highest BCUT2D eigenvalue weighted by Crippen LogP contribution is 2.24. The molecule has 0 radical (unpaired) electrons. The third-order valence-electron chi connectivity index (χ3n) is 3.79. The molecule has 1 saturated heterocycles. The van der Waals surface area contributed by atoms with Crippen molar-refractivity contribution in [1.82, 2.24) is 10.6 Å². The predicted molar refractivity (Wildman–Crippen MR) is 103 cm³/mol. The van der Waals surface area contributed by atoms with Gasteiger partial charge in [0.05, 0.1) is 13.2 Å². The molecule has 0 aromatic heterocycles. The summed E-state index contributed by atoms with van der Waals surface area (Å²) in [5.41, 5.74) is 4.27. The molecule has 1 aliphatic rings. The van der Waals surface area contributed by atoms with Crippen LogP contribution in [0.25, 0.3) is 0 Å². The Kier molecular flexibility index (Phi) is 7.62. The average Bonchev–Trinajstić information content (AvgIpc) is 2.39. The largest absolute Gasteiger partial charge is 0.380 e. The van der Waals surface area contributed by atoms with Crippen molar-refractivity contribution in [3.05, 3.63) is 34.9 Å². The summed E-state index contributed by atoms with van der Waals surface area (Å²) < 4.78 is 5.26. The maximum absolute atomic E-state index is 5.26. The van der Waals surface area contributed by atoms with E-state index >= 15 is 0 Å². The second kappa shape index (κ2) is 8.72. The highest BCUT2D eigenvalue weighted by Gasteiger charge is 2.33. The Hall–Kier alpha value is -0.820. The molecule has 1 aliphatic heterocycles. The number of hydrogen-bond acceptors (Lipinski definition) is 2. The van der Waals surface area contributed by atoms with Crippen LogP contribution in [0.2, 0.25) is 0 Å². The first-order valence-corrected chi connectivity index (χ1v) is 7.60. The van der Waals surface area contributed by atoms with Crippen LogP contribution in [-0.4, -0.2) is 39.3 Å². The fourth-order valence-corrected chi connectivity index (χ4v) is 2.61. The summed E-state index contributed by atoms with van der Waals surface area (Å²) in [6.45, 7) is 9.97. The van der Waals surface area contributed by atoms with E-state index in [1.54, 1.807) is 0 Å². The summed E-state index contributed by atoms with van der Waals surface area (Å²) in [6.07, 6.45) is 1.00. The van der Waals surface area contributed by atoms with E-state index in [9.17, 15) is 0 Å². The molecule has 0 aliphatic carbocycles. The number of ether oxygens (including phenoxy) is 1. The number of benzene rings is 1. The van der Waals surface area contributed by atoms with E-state index in [4.69, 9.17) is 4.74 Å². The maximum Gasteiger partial charge on any atom is 0.191 e. The lowest BCUT2D eigenvalue weighted by atomic mass is 9.89. The van der Waals surface area contributed by atoms with Crippen LogP contribution in [0.5, 0.6) is 0 Å². The molecule has 1 aromatic carbocycles. The molecule has 0 amide bonds. The van der Waals surface area contributed by atoms with Gasteiger partial charge >= 0.3 is 0 Å². The number of nitrogens with one attached hydrogen (secondary N) is 2. The lowest BCUT2D eigenvalue weighted by Gasteiger charge is -2.38. The van der Waals surface area contributed by atoms with Gasteiger partial charge in [0.1, 0.15) is 0 Å². The van der Waals surface area contributed by atoms with E-state index in [1.807, 2.05) is 7.05 Å². The Balaban J connectivity index is 0.00000242. The molecule has 2 rings (SSSR count). The first kappa shape index (κ1) is 19.2. The van der Waals surface area contributed by atoms with Gasteiger partial charge in [-0.25, -0.2) is 0 Å². The molecule has 2 N–H and O–H groups in total. The van der Waals surface area contributed by atoms with Crippen molar-refractivity contribution < 1.29 is 4.74 Å². The monoisotopic (exact) mass is 417 g/mol. The van der Waals surface area contributed by atoms with E-state index in [2.05, 4.69) is 54.6 Å². The van der Waals surface area contributed by atoms with Crippen molar-refractivity contribution in [2.75, 3.05) is 33.4 Å². The second-order valence-corrected chi connectivity index (χ2v) is 6.40. The van der Waals surface area contributed by atoms with Gasteiger partial charge in [0.15, 0.2) is 5.96 Å². The summed E-state index contributed by atoms with van der Waals surface area (Å²) in [5, 5.41) is 6.76. The van der Waals surface area contributed by atoms with Gasteiger partial charge in [0.2, 0.25) is 0 Å². The van der Waals surface area contributed by atoms with Crippen LogP contribution in [0.1, 0.15) is 23.6 Å². The fourth-order valence-electron chi connectivity index (χ4n) is 2.61. The van der Waals surface area contributed by atoms with E-state index in [0.29, 0.717) is 0 Å². The molecular formula is C17H28IN3O. The quantitative estimate of drug-likeness (QED) is 0.440. The Morgan fingerprint density at radius 3 is 2.32 bits per heavy atom. The summed E-state index contributed by atoms with van der Waals surface area (Å²) >= 11 is 0. The summed E-state index contributed by atoms with van der Waals surface area (Å²) in [6, 6.07) is 6.70. The van der Waals surface area contributed by atoms with Gasteiger partial charge in [-0.3, -0.25) is 4.99 Å². The number of halogens is 1. The summed E-state index contributed by atoms with van der Waals surface area (Å²) in [7, 11) is 1.81. The third kappa shape index (κ3) is 5.76. The standard InChI is InChI=1S/C17H27N3O.HI/c1-13-7-14(2)9-15(8-13)5-6-19-16(18-4)20-10-17(3)11-21-12-17;/h7-9H,5-6,10-12H2,1-4H3,(H2,18,19,20);1H. The van der Waals surface area contributed by atoms with Crippen LogP contribution in [0.15, 0.2) is 23.2 Å². The first-order valence-electron chi connectivity index (χ1n) is 7.60. The number of hydrogen-bond donors (Lipinski definition) is 2. The van der Waals surface area contributed by atoms with Crippen LogP contribution in [0, 0.1) is 19.3 Å².